The van der Waals surface area contributed by atoms with Gasteiger partial charge in [-0.2, -0.15) is 4.80 Å². The highest BCUT2D eigenvalue weighted by Crippen LogP contribution is 2.17. The van der Waals surface area contributed by atoms with E-state index in [1.165, 1.54) is 19.2 Å². The van der Waals surface area contributed by atoms with E-state index in [4.69, 9.17) is 0 Å². The third-order valence-corrected chi connectivity index (χ3v) is 2.63. The Hall–Kier alpha value is -2.84. The summed E-state index contributed by atoms with van der Waals surface area (Å²) in [5, 5.41) is 15.8. The molecule has 0 aliphatic carbocycles. The van der Waals surface area contributed by atoms with Gasteiger partial charge in [-0.3, -0.25) is 10.1 Å². The number of halogens is 1. The Morgan fingerprint density at radius 3 is 2.81 bits per heavy atom. The zero-order chi connectivity index (χ0) is 15.4. The van der Waals surface area contributed by atoms with E-state index in [1.807, 2.05) is 0 Å². The first kappa shape index (κ1) is 14.6. The van der Waals surface area contributed by atoms with Crippen molar-refractivity contribution >= 4 is 11.9 Å². The molecule has 8 nitrogen and oxygen atoms in total. The molecule has 110 valence electrons. The molecule has 0 saturated heterocycles. The summed E-state index contributed by atoms with van der Waals surface area (Å²) < 4.78 is 13.2. The van der Waals surface area contributed by atoms with Gasteiger partial charge in [0.25, 0.3) is 5.91 Å². The van der Waals surface area contributed by atoms with Crippen LogP contribution in [0.4, 0.5) is 9.18 Å². The van der Waals surface area contributed by atoms with Crippen molar-refractivity contribution in [2.45, 2.75) is 13.5 Å². The van der Waals surface area contributed by atoms with Crippen LogP contribution in [-0.2, 0) is 11.3 Å². The van der Waals surface area contributed by atoms with Crippen LogP contribution in [0.5, 0.6) is 0 Å². The SMILES string of the molecule is CNC(=O)NC(=O)Cn1nnc(-c2ccc(F)c(C)c2)n1. The smallest absolute Gasteiger partial charge is 0.321 e. The molecule has 0 radical (unpaired) electrons. The minimum absolute atomic E-state index is 0.249. The van der Waals surface area contributed by atoms with Gasteiger partial charge in [0.2, 0.25) is 5.82 Å². The monoisotopic (exact) mass is 292 g/mol. The molecule has 1 aromatic carbocycles. The fourth-order valence-corrected chi connectivity index (χ4v) is 1.57. The van der Waals surface area contributed by atoms with Gasteiger partial charge in [-0.05, 0) is 35.9 Å². The van der Waals surface area contributed by atoms with Gasteiger partial charge in [-0.1, -0.05) is 0 Å². The lowest BCUT2D eigenvalue weighted by molar-refractivity contribution is -0.121. The summed E-state index contributed by atoms with van der Waals surface area (Å²) in [4.78, 5) is 23.5. The van der Waals surface area contributed by atoms with Gasteiger partial charge in [-0.25, -0.2) is 9.18 Å². The largest absolute Gasteiger partial charge is 0.341 e. The zero-order valence-electron chi connectivity index (χ0n) is 11.4. The Kier molecular flexibility index (Phi) is 4.21. The highest BCUT2D eigenvalue weighted by atomic mass is 19.1. The van der Waals surface area contributed by atoms with Crippen LogP contribution in [0.2, 0.25) is 0 Å². The number of hydrogen-bond donors (Lipinski definition) is 2. The summed E-state index contributed by atoms with van der Waals surface area (Å²) in [6.07, 6.45) is 0. The molecule has 1 heterocycles. The topological polar surface area (TPSA) is 102 Å². The Labute approximate surface area is 119 Å². The van der Waals surface area contributed by atoms with Gasteiger partial charge in [-0.15, -0.1) is 10.2 Å². The minimum atomic E-state index is -0.616. The van der Waals surface area contributed by atoms with Gasteiger partial charge >= 0.3 is 6.03 Å². The van der Waals surface area contributed by atoms with Crippen LogP contribution in [0.1, 0.15) is 5.56 Å². The Bertz CT molecular complexity index is 684. The molecule has 0 aliphatic heterocycles. The number of rotatable bonds is 3. The first-order valence-corrected chi connectivity index (χ1v) is 6.05. The molecule has 2 rings (SSSR count). The van der Waals surface area contributed by atoms with Crippen LogP contribution in [0, 0.1) is 12.7 Å². The summed E-state index contributed by atoms with van der Waals surface area (Å²) in [7, 11) is 1.39. The quantitative estimate of drug-likeness (QED) is 0.844. The second-order valence-electron chi connectivity index (χ2n) is 4.23. The highest BCUT2D eigenvalue weighted by Gasteiger charge is 2.11. The number of urea groups is 1. The van der Waals surface area contributed by atoms with Crippen molar-refractivity contribution in [3.8, 4) is 11.4 Å². The van der Waals surface area contributed by atoms with E-state index in [0.29, 0.717) is 11.1 Å². The Balaban J connectivity index is 2.09. The van der Waals surface area contributed by atoms with Gasteiger partial charge < -0.3 is 5.32 Å². The number of hydrogen-bond acceptors (Lipinski definition) is 5. The second-order valence-corrected chi connectivity index (χ2v) is 4.23. The van der Waals surface area contributed by atoms with Crippen molar-refractivity contribution in [3.05, 3.63) is 29.6 Å². The molecule has 0 saturated carbocycles. The van der Waals surface area contributed by atoms with Crippen molar-refractivity contribution < 1.29 is 14.0 Å². The van der Waals surface area contributed by atoms with E-state index >= 15 is 0 Å². The predicted molar refractivity (Wildman–Crippen MR) is 70.5 cm³/mol. The molecular formula is C12H13FN6O2. The first-order chi connectivity index (χ1) is 9.99. The summed E-state index contributed by atoms with van der Waals surface area (Å²) >= 11 is 0. The molecule has 2 N–H and O–H groups in total. The number of nitrogens with zero attached hydrogens (tertiary/aromatic N) is 4. The van der Waals surface area contributed by atoms with E-state index in [9.17, 15) is 14.0 Å². The summed E-state index contributed by atoms with van der Waals surface area (Å²) in [5.41, 5.74) is 1.05. The number of tetrazole rings is 1. The number of imide groups is 1. The van der Waals surface area contributed by atoms with Crippen molar-refractivity contribution in [1.82, 2.24) is 30.8 Å². The summed E-state index contributed by atoms with van der Waals surface area (Å²) in [6.45, 7) is 1.38. The fourth-order valence-electron chi connectivity index (χ4n) is 1.57. The van der Waals surface area contributed by atoms with Crippen molar-refractivity contribution in [2.24, 2.45) is 0 Å². The summed E-state index contributed by atoms with van der Waals surface area (Å²) in [5.74, 6) is -0.629. The van der Waals surface area contributed by atoms with Crippen LogP contribution in [0.3, 0.4) is 0 Å². The number of aromatic nitrogens is 4. The molecule has 0 aliphatic rings. The fraction of sp³-hybridized carbons (Fsp3) is 0.250. The van der Waals surface area contributed by atoms with Crippen molar-refractivity contribution in [1.29, 1.82) is 0 Å². The lowest BCUT2D eigenvalue weighted by atomic mass is 10.1. The number of amides is 3. The molecule has 1 aromatic heterocycles. The average molecular weight is 292 g/mol. The molecule has 0 bridgehead atoms. The molecule has 0 atom stereocenters. The van der Waals surface area contributed by atoms with Gasteiger partial charge in [0.1, 0.15) is 12.4 Å². The van der Waals surface area contributed by atoms with E-state index in [2.05, 4.69) is 26.0 Å². The maximum atomic E-state index is 13.2. The molecule has 2 aromatic rings. The molecular weight excluding hydrogens is 279 g/mol. The molecule has 0 unspecified atom stereocenters. The van der Waals surface area contributed by atoms with Crippen molar-refractivity contribution in [3.63, 3.8) is 0 Å². The molecule has 21 heavy (non-hydrogen) atoms. The second kappa shape index (κ2) is 6.07. The van der Waals surface area contributed by atoms with Crippen molar-refractivity contribution in [2.75, 3.05) is 7.05 Å². The normalized spacial score (nSPS) is 10.2. The van der Waals surface area contributed by atoms with E-state index < -0.39 is 11.9 Å². The van der Waals surface area contributed by atoms with Gasteiger partial charge in [0.15, 0.2) is 0 Å². The Morgan fingerprint density at radius 2 is 2.14 bits per heavy atom. The molecule has 0 fully saturated rings. The van der Waals surface area contributed by atoms with Crippen LogP contribution in [0.25, 0.3) is 11.4 Å². The number of nitrogens with one attached hydrogen (secondary N) is 2. The third kappa shape index (κ3) is 3.59. The number of benzene rings is 1. The molecule has 0 spiro atoms. The maximum absolute atomic E-state index is 13.2. The predicted octanol–water partition coefficient (Wildman–Crippen LogP) is 0.243. The van der Waals surface area contributed by atoms with Crippen LogP contribution in [0.15, 0.2) is 18.2 Å². The number of aryl methyl sites for hydroxylation is 1. The third-order valence-electron chi connectivity index (χ3n) is 2.63. The highest BCUT2D eigenvalue weighted by molar-refractivity contribution is 5.93. The molecule has 9 heteroatoms. The first-order valence-electron chi connectivity index (χ1n) is 6.05. The Morgan fingerprint density at radius 1 is 1.38 bits per heavy atom. The molecule has 3 amide bonds. The average Bonchev–Trinajstić information content (AvgIpc) is 2.90. The van der Waals surface area contributed by atoms with Crippen LogP contribution in [-0.4, -0.2) is 39.2 Å². The van der Waals surface area contributed by atoms with E-state index in [0.717, 1.165) is 4.80 Å². The minimum Gasteiger partial charge on any atom is -0.341 e. The van der Waals surface area contributed by atoms with Crippen LogP contribution < -0.4 is 10.6 Å². The van der Waals surface area contributed by atoms with E-state index in [1.54, 1.807) is 13.0 Å². The van der Waals surface area contributed by atoms with E-state index in [-0.39, 0.29) is 18.2 Å². The zero-order valence-corrected chi connectivity index (χ0v) is 11.4. The van der Waals surface area contributed by atoms with Crippen LogP contribution >= 0.6 is 0 Å². The maximum Gasteiger partial charge on any atom is 0.321 e. The lowest BCUT2D eigenvalue weighted by Crippen LogP contribution is -2.39. The summed E-state index contributed by atoms with van der Waals surface area (Å²) in [6, 6.07) is 3.80. The van der Waals surface area contributed by atoms with Gasteiger partial charge in [0.05, 0.1) is 0 Å². The van der Waals surface area contributed by atoms with Gasteiger partial charge in [0, 0.05) is 12.6 Å². The lowest BCUT2D eigenvalue weighted by Gasteiger charge is -2.01. The standard InChI is InChI=1S/C12H13FN6O2/c1-7-5-8(3-4-9(7)13)11-16-18-19(17-11)6-10(20)15-12(21)14-2/h3-5H,6H2,1-2H3,(H2,14,15,20,21). The number of carbonyl (C=O) groups excluding carboxylic acids is 2. The number of carbonyl (C=O) groups is 2.